The fourth-order valence-electron chi connectivity index (χ4n) is 3.36. The number of carboxylic acids is 1. The molecular formula is C18H29N3O3. The van der Waals surface area contributed by atoms with Crippen molar-refractivity contribution in [2.75, 3.05) is 13.1 Å². The molecule has 0 aliphatic carbocycles. The molecule has 0 spiro atoms. The first-order chi connectivity index (χ1) is 11.1. The summed E-state index contributed by atoms with van der Waals surface area (Å²) in [4.78, 5) is 25.4. The Morgan fingerprint density at radius 1 is 1.33 bits per heavy atom. The van der Waals surface area contributed by atoms with Crippen molar-refractivity contribution in [3.63, 3.8) is 0 Å². The number of rotatable bonds is 6. The number of aliphatic carboxylic acids is 1. The second-order valence-corrected chi connectivity index (χ2v) is 7.66. The third kappa shape index (κ3) is 3.79. The minimum Gasteiger partial charge on any atom is -0.481 e. The minimum absolute atomic E-state index is 0.0374. The van der Waals surface area contributed by atoms with Gasteiger partial charge in [0.15, 0.2) is 0 Å². The molecule has 2 rings (SSSR count). The number of hydrogen-bond donors (Lipinski definition) is 1. The Labute approximate surface area is 143 Å². The van der Waals surface area contributed by atoms with Crippen LogP contribution in [0.25, 0.3) is 0 Å². The van der Waals surface area contributed by atoms with Gasteiger partial charge in [-0.15, -0.1) is 0 Å². The molecule has 1 aromatic rings. The van der Waals surface area contributed by atoms with Gasteiger partial charge in [0.25, 0.3) is 0 Å². The van der Waals surface area contributed by atoms with Gasteiger partial charge in [-0.05, 0) is 45.1 Å². The Morgan fingerprint density at radius 2 is 2.00 bits per heavy atom. The summed E-state index contributed by atoms with van der Waals surface area (Å²) in [6, 6.07) is 0. The molecule has 1 fully saturated rings. The molecule has 1 atom stereocenters. The van der Waals surface area contributed by atoms with Gasteiger partial charge in [-0.25, -0.2) is 0 Å². The van der Waals surface area contributed by atoms with Crippen LogP contribution in [0.1, 0.15) is 50.6 Å². The van der Waals surface area contributed by atoms with Crippen molar-refractivity contribution in [1.29, 1.82) is 0 Å². The van der Waals surface area contributed by atoms with E-state index in [1.54, 1.807) is 11.8 Å². The van der Waals surface area contributed by atoms with Crippen molar-refractivity contribution < 1.29 is 14.7 Å². The minimum atomic E-state index is -0.820. The van der Waals surface area contributed by atoms with E-state index in [0.717, 1.165) is 23.5 Å². The molecule has 0 bridgehead atoms. The number of carbonyl (C=O) groups excluding carboxylic acids is 1. The Bertz CT molecular complexity index is 636. The molecule has 1 aliphatic heterocycles. The van der Waals surface area contributed by atoms with Gasteiger partial charge in [0.05, 0.1) is 11.1 Å². The average Bonchev–Trinajstić information content (AvgIpc) is 3.00. The predicted molar refractivity (Wildman–Crippen MR) is 91.8 cm³/mol. The van der Waals surface area contributed by atoms with E-state index in [4.69, 9.17) is 0 Å². The fraction of sp³-hybridized carbons (Fsp3) is 0.722. The summed E-state index contributed by atoms with van der Waals surface area (Å²) in [5.74, 6) is -0.259. The van der Waals surface area contributed by atoms with E-state index in [9.17, 15) is 14.7 Å². The summed E-state index contributed by atoms with van der Waals surface area (Å²) in [5, 5.41) is 13.9. The number of likely N-dealkylation sites (tertiary alicyclic amines) is 1. The number of amides is 1. The summed E-state index contributed by atoms with van der Waals surface area (Å²) in [7, 11) is 0. The van der Waals surface area contributed by atoms with Crippen LogP contribution in [0.4, 0.5) is 0 Å². The molecule has 6 nitrogen and oxygen atoms in total. The van der Waals surface area contributed by atoms with Crippen LogP contribution < -0.4 is 0 Å². The van der Waals surface area contributed by atoms with Gasteiger partial charge in [0, 0.05) is 31.7 Å². The van der Waals surface area contributed by atoms with Crippen molar-refractivity contribution >= 4 is 11.9 Å². The quantitative estimate of drug-likeness (QED) is 0.866. The van der Waals surface area contributed by atoms with Crippen LogP contribution in [0.5, 0.6) is 0 Å². The van der Waals surface area contributed by atoms with Crippen molar-refractivity contribution in [1.82, 2.24) is 14.7 Å². The van der Waals surface area contributed by atoms with Gasteiger partial charge in [0.2, 0.25) is 5.91 Å². The molecule has 0 radical (unpaired) electrons. The molecule has 0 saturated carbocycles. The average molecular weight is 335 g/mol. The van der Waals surface area contributed by atoms with E-state index < -0.39 is 11.4 Å². The Hall–Kier alpha value is -1.85. The predicted octanol–water partition coefficient (Wildman–Crippen LogP) is 2.41. The summed E-state index contributed by atoms with van der Waals surface area (Å²) in [6.07, 6.45) is 1.60. The van der Waals surface area contributed by atoms with Crippen LogP contribution in [-0.2, 0) is 22.6 Å². The van der Waals surface area contributed by atoms with Crippen LogP contribution in [0, 0.1) is 25.2 Å². The molecule has 1 saturated heterocycles. The summed E-state index contributed by atoms with van der Waals surface area (Å²) < 4.78 is 2.02. The van der Waals surface area contributed by atoms with Crippen molar-refractivity contribution in [3.8, 4) is 0 Å². The molecule has 1 amide bonds. The molecule has 1 aliphatic rings. The van der Waals surface area contributed by atoms with Gasteiger partial charge in [-0.3, -0.25) is 14.3 Å². The van der Waals surface area contributed by atoms with Gasteiger partial charge in [-0.2, -0.15) is 5.10 Å². The second-order valence-electron chi connectivity index (χ2n) is 7.66. The van der Waals surface area contributed by atoms with E-state index in [0.29, 0.717) is 38.3 Å². The highest BCUT2D eigenvalue weighted by molar-refractivity contribution is 5.80. The lowest BCUT2D eigenvalue weighted by molar-refractivity contribution is -0.147. The van der Waals surface area contributed by atoms with Crippen LogP contribution >= 0.6 is 0 Å². The maximum absolute atomic E-state index is 12.4. The summed E-state index contributed by atoms with van der Waals surface area (Å²) >= 11 is 0. The summed E-state index contributed by atoms with van der Waals surface area (Å²) in [5.41, 5.74) is 2.46. The van der Waals surface area contributed by atoms with E-state index in [2.05, 4.69) is 25.9 Å². The van der Waals surface area contributed by atoms with Crippen LogP contribution in [0.3, 0.4) is 0 Å². The van der Waals surface area contributed by atoms with Gasteiger partial charge in [0.1, 0.15) is 0 Å². The molecule has 2 heterocycles. The number of aromatic nitrogens is 2. The van der Waals surface area contributed by atoms with Crippen molar-refractivity contribution in [3.05, 3.63) is 17.0 Å². The lowest BCUT2D eigenvalue weighted by Gasteiger charge is -2.20. The maximum atomic E-state index is 12.4. The number of nitrogens with zero attached hydrogens (tertiary/aromatic N) is 3. The topological polar surface area (TPSA) is 75.4 Å². The SMILES string of the molecule is Cc1nn(CC(C)C)c(C)c1CCC(=O)N1CCC(C)(C(=O)O)C1. The van der Waals surface area contributed by atoms with E-state index in [1.165, 1.54) is 0 Å². The van der Waals surface area contributed by atoms with Gasteiger partial charge >= 0.3 is 5.97 Å². The standard InChI is InChI=1S/C18H29N3O3/c1-12(2)10-21-14(4)15(13(3)19-21)6-7-16(22)20-9-8-18(5,11-20)17(23)24/h12H,6-11H2,1-5H3,(H,23,24). The zero-order chi connectivity index (χ0) is 18.1. The van der Waals surface area contributed by atoms with E-state index >= 15 is 0 Å². The van der Waals surface area contributed by atoms with E-state index in [-0.39, 0.29) is 5.91 Å². The molecule has 134 valence electrons. The van der Waals surface area contributed by atoms with Gasteiger partial charge in [-0.1, -0.05) is 13.8 Å². The number of carboxylic acid groups (broad SMARTS) is 1. The van der Waals surface area contributed by atoms with Crippen molar-refractivity contribution in [2.45, 2.75) is 60.4 Å². The highest BCUT2D eigenvalue weighted by atomic mass is 16.4. The van der Waals surface area contributed by atoms with Crippen LogP contribution in [-0.4, -0.2) is 44.8 Å². The smallest absolute Gasteiger partial charge is 0.311 e. The lowest BCUT2D eigenvalue weighted by Crippen LogP contribution is -2.35. The number of carbonyl (C=O) groups is 2. The molecule has 24 heavy (non-hydrogen) atoms. The molecule has 1 N–H and O–H groups in total. The third-order valence-electron chi connectivity index (χ3n) is 5.00. The highest BCUT2D eigenvalue weighted by Gasteiger charge is 2.41. The fourth-order valence-corrected chi connectivity index (χ4v) is 3.36. The second kappa shape index (κ2) is 6.95. The van der Waals surface area contributed by atoms with Crippen LogP contribution in [0.2, 0.25) is 0 Å². The third-order valence-corrected chi connectivity index (χ3v) is 5.00. The Kier molecular flexibility index (Phi) is 5.35. The Balaban J connectivity index is 1.98. The van der Waals surface area contributed by atoms with Gasteiger partial charge < -0.3 is 10.0 Å². The Morgan fingerprint density at radius 3 is 2.54 bits per heavy atom. The largest absolute Gasteiger partial charge is 0.481 e. The van der Waals surface area contributed by atoms with Crippen LogP contribution in [0.15, 0.2) is 0 Å². The lowest BCUT2D eigenvalue weighted by atomic mass is 9.90. The zero-order valence-electron chi connectivity index (χ0n) is 15.4. The highest BCUT2D eigenvalue weighted by Crippen LogP contribution is 2.30. The number of aryl methyl sites for hydroxylation is 1. The number of hydrogen-bond acceptors (Lipinski definition) is 3. The molecule has 1 unspecified atom stereocenters. The summed E-state index contributed by atoms with van der Waals surface area (Å²) in [6.45, 7) is 11.8. The van der Waals surface area contributed by atoms with Crippen molar-refractivity contribution in [2.24, 2.45) is 11.3 Å². The monoisotopic (exact) mass is 335 g/mol. The molecule has 6 heteroatoms. The molecule has 1 aromatic heterocycles. The first kappa shape index (κ1) is 18.5. The molecular weight excluding hydrogens is 306 g/mol. The first-order valence-electron chi connectivity index (χ1n) is 8.68. The first-order valence-corrected chi connectivity index (χ1v) is 8.68. The molecule has 0 aromatic carbocycles. The van der Waals surface area contributed by atoms with E-state index in [1.807, 2.05) is 11.6 Å². The zero-order valence-corrected chi connectivity index (χ0v) is 15.4. The maximum Gasteiger partial charge on any atom is 0.311 e. The normalized spacial score (nSPS) is 20.8.